The summed E-state index contributed by atoms with van der Waals surface area (Å²) in [5.41, 5.74) is 0. The second-order valence-corrected chi connectivity index (χ2v) is 24.2. The molecular formula is C2H18O30P6Si6. The molecule has 0 saturated carbocycles. The van der Waals surface area contributed by atoms with Gasteiger partial charge in [0.2, 0.25) is 0 Å². The van der Waals surface area contributed by atoms with Gasteiger partial charge in [0.1, 0.15) is 0 Å². The van der Waals surface area contributed by atoms with Crippen LogP contribution in [0.5, 0.6) is 0 Å². The molecular weight excluding hydrogens is 858 g/mol. The minimum Gasteiger partial charge on any atom is -0.390 e. The average molecular weight is 876 g/mol. The van der Waals surface area contributed by atoms with E-state index in [9.17, 15) is 27.4 Å². The first kappa shape index (κ1) is 45.7. The first-order valence-electron chi connectivity index (χ1n) is 8.97. The second kappa shape index (κ2) is 18.6. The molecule has 0 unspecified atom stereocenters. The van der Waals surface area contributed by atoms with Crippen molar-refractivity contribution in [1.82, 2.24) is 0 Å². The third-order valence-electron chi connectivity index (χ3n) is 2.28. The number of hydrogen-bond acceptors (Lipinski definition) is 18. The van der Waals surface area contributed by atoms with E-state index in [2.05, 4.69) is 50.3 Å². The predicted octanol–water partition coefficient (Wildman–Crippen LogP) is -4.59. The van der Waals surface area contributed by atoms with Crippen molar-refractivity contribution in [3.05, 3.63) is 0 Å². The number of phosphoric acid groups is 6. The van der Waals surface area contributed by atoms with Gasteiger partial charge in [-0.15, -0.1) is 0 Å². The molecule has 0 aromatic heterocycles. The summed E-state index contributed by atoms with van der Waals surface area (Å²) in [5, 5.41) is 0. The molecule has 0 heterocycles. The second-order valence-electron chi connectivity index (χ2n) is 5.95. The summed E-state index contributed by atoms with van der Waals surface area (Å²) >= 11 is 0. The van der Waals surface area contributed by atoms with E-state index in [0.717, 1.165) is 6.55 Å². The van der Waals surface area contributed by atoms with Crippen molar-refractivity contribution in [3.63, 3.8) is 0 Å². The van der Waals surface area contributed by atoms with Crippen molar-refractivity contribution in [2.24, 2.45) is 0 Å². The van der Waals surface area contributed by atoms with Crippen LogP contribution in [0.4, 0.5) is 0 Å². The van der Waals surface area contributed by atoms with Gasteiger partial charge in [-0.2, -0.15) is 0 Å². The van der Waals surface area contributed by atoms with Crippen LogP contribution in [0.15, 0.2) is 0 Å². The molecule has 260 valence electrons. The van der Waals surface area contributed by atoms with Gasteiger partial charge in [-0.25, -0.2) is 27.4 Å². The highest BCUT2D eigenvalue weighted by molar-refractivity contribution is 7.49. The smallest absolute Gasteiger partial charge is 0.390 e. The van der Waals surface area contributed by atoms with Gasteiger partial charge in [0.15, 0.2) is 0 Å². The molecule has 0 aromatic rings. The maximum atomic E-state index is 11.4. The number of rotatable bonds is 23. The van der Waals surface area contributed by atoms with Crippen molar-refractivity contribution in [1.29, 1.82) is 0 Å². The number of hydrogen-bond donors (Lipinski definition) is 12. The minimum absolute atomic E-state index is 0.669. The Morgan fingerprint density at radius 3 is 0.795 bits per heavy atom. The van der Waals surface area contributed by atoms with E-state index in [4.69, 9.17) is 58.7 Å². The molecule has 0 aliphatic carbocycles. The van der Waals surface area contributed by atoms with Crippen LogP contribution in [0.3, 0.4) is 0 Å². The van der Waals surface area contributed by atoms with E-state index in [1.807, 2.05) is 0 Å². The van der Waals surface area contributed by atoms with Gasteiger partial charge in [-0.3, -0.25) is 21.1 Å². The fraction of sp³-hybridized carbons (Fsp3) is 1.00. The van der Waals surface area contributed by atoms with E-state index < -0.39 is 104 Å². The van der Waals surface area contributed by atoms with Crippen molar-refractivity contribution >= 4 is 104 Å². The zero-order valence-corrected chi connectivity index (χ0v) is 31.8. The van der Waals surface area contributed by atoms with Gasteiger partial charge in [0.05, 0.1) is 0 Å². The van der Waals surface area contributed by atoms with Crippen LogP contribution in [0.2, 0.25) is 6.55 Å². The Bertz CT molecular complexity index is 1160. The van der Waals surface area contributed by atoms with Crippen LogP contribution in [-0.4, -0.2) is 123 Å². The van der Waals surface area contributed by atoms with E-state index in [0.29, 0.717) is 7.11 Å². The molecule has 30 nitrogen and oxygen atoms in total. The molecule has 0 aliphatic rings. The highest BCUT2D eigenvalue weighted by Crippen LogP contribution is 2.43. The van der Waals surface area contributed by atoms with E-state index in [1.54, 1.807) is 0 Å². The first-order chi connectivity index (χ1) is 19.3. The van der Waals surface area contributed by atoms with Gasteiger partial charge in [-0.1, -0.05) is 0 Å². The molecule has 0 atom stereocenters. The Morgan fingerprint density at radius 2 is 0.568 bits per heavy atom. The Labute approximate surface area is 253 Å². The fourth-order valence-electron chi connectivity index (χ4n) is 1.39. The summed E-state index contributed by atoms with van der Waals surface area (Å²) in [6.45, 7) is 0.771. The monoisotopic (exact) mass is 876 g/mol. The summed E-state index contributed by atoms with van der Waals surface area (Å²) in [5.74, 6) is 0. The van der Waals surface area contributed by atoms with Crippen LogP contribution in [0.25, 0.3) is 0 Å². The Kier molecular flexibility index (Phi) is 19.4. The molecule has 6 radical (unpaired) electrons. The molecule has 0 spiro atoms. The van der Waals surface area contributed by atoms with E-state index in [1.165, 1.54) is 0 Å². The molecule has 0 amide bonds. The molecule has 0 rings (SSSR count). The Hall–Kier alpha value is 1.72. The normalized spacial score (nSPS) is 14.7. The van der Waals surface area contributed by atoms with E-state index >= 15 is 0 Å². The third-order valence-corrected chi connectivity index (χ3v) is 19.5. The summed E-state index contributed by atoms with van der Waals surface area (Å²) in [4.78, 5) is 108. The maximum Gasteiger partial charge on any atom is 0.578 e. The highest BCUT2D eigenvalue weighted by atomic mass is 31.2. The highest BCUT2D eigenvalue weighted by Gasteiger charge is 2.49. The third kappa shape index (κ3) is 27.6. The first-order valence-corrected chi connectivity index (χ1v) is 26.1. The minimum atomic E-state index is -5.87. The zero-order valence-electron chi connectivity index (χ0n) is 20.4. The van der Waals surface area contributed by atoms with Gasteiger partial charge in [0.25, 0.3) is 0 Å². The molecule has 0 fully saturated rings. The summed E-state index contributed by atoms with van der Waals surface area (Å²) in [6, 6.07) is 0. The van der Waals surface area contributed by atoms with Crippen LogP contribution in [-0.2, 0) is 77.7 Å². The standard InChI is InChI=1S/C2H18O30P6Si6/c1-21-40(23-34(6,7)8)29-42(25-36(12,13)14)31-44(27-38(18,19)20)32-43(26-37(15,16)17)30-41(24-35(9,10)11)28-39(2)22-33(3,4)5/h1-2H3,(H2,3,4,5)(H2,6,7,8)(H2,9,10,11)(H2,12,13,14)(H2,15,16,17)(H2,18,19,20). The van der Waals surface area contributed by atoms with Crippen LogP contribution < -0.4 is 0 Å². The maximum absolute atomic E-state index is 11.4. The van der Waals surface area contributed by atoms with E-state index in [-0.39, 0.29) is 0 Å². The fourth-order valence-corrected chi connectivity index (χ4v) is 17.4. The zero-order chi connectivity index (χ0) is 34.9. The molecule has 0 aliphatic heterocycles. The molecule has 42 heteroatoms. The lowest BCUT2D eigenvalue weighted by molar-refractivity contribution is 0.139. The summed E-state index contributed by atoms with van der Waals surface area (Å²) in [6.07, 6.45) is 0. The van der Waals surface area contributed by atoms with Gasteiger partial charge >= 0.3 is 104 Å². The lowest BCUT2D eigenvalue weighted by atomic mass is 11.8. The van der Waals surface area contributed by atoms with Gasteiger partial charge in [0, 0.05) is 7.11 Å². The Balaban J connectivity index is 6.46. The van der Waals surface area contributed by atoms with Gasteiger partial charge in [-0.05, 0) is 6.55 Å². The molecule has 0 bridgehead atoms. The van der Waals surface area contributed by atoms with Crippen molar-refractivity contribution in [2.45, 2.75) is 6.55 Å². The molecule has 12 N–H and O–H groups in total. The summed E-state index contributed by atoms with van der Waals surface area (Å²) < 4.78 is 120. The van der Waals surface area contributed by atoms with Gasteiger partial charge < -0.3 is 87.9 Å². The lowest BCUT2D eigenvalue weighted by Crippen LogP contribution is -2.47. The topological polar surface area (TPSA) is 456 Å². The Morgan fingerprint density at radius 1 is 0.364 bits per heavy atom. The van der Waals surface area contributed by atoms with Crippen LogP contribution in [0.1, 0.15) is 0 Å². The lowest BCUT2D eigenvalue weighted by Gasteiger charge is -2.25. The van der Waals surface area contributed by atoms with Crippen molar-refractivity contribution in [2.75, 3.05) is 7.11 Å². The quantitative estimate of drug-likeness (QED) is 0.0339. The molecule has 44 heavy (non-hydrogen) atoms. The predicted molar refractivity (Wildman–Crippen MR) is 132 cm³/mol. The average Bonchev–Trinajstić information content (AvgIpc) is 2.65. The molecule has 0 aromatic carbocycles. The van der Waals surface area contributed by atoms with Crippen molar-refractivity contribution in [3.8, 4) is 0 Å². The van der Waals surface area contributed by atoms with Crippen LogP contribution >= 0.6 is 46.9 Å². The largest absolute Gasteiger partial charge is 0.578 e. The van der Waals surface area contributed by atoms with Crippen LogP contribution in [0, 0.1) is 0 Å². The van der Waals surface area contributed by atoms with Crippen molar-refractivity contribution < 1.29 is 136 Å². The SMILES string of the molecule is CO[Si](O[Si](O[Si](O[Si](O[Si](O[Si](C)OP(=O)(O)O)OP(=O)(O)O)OP(=O)(O)O)OP(=O)(O)O)OP(=O)(O)O)OP(=O)(O)O. The molecule has 0 saturated heterocycles. The summed E-state index contributed by atoms with van der Waals surface area (Å²) in [7, 11) is -58.1.